The van der Waals surface area contributed by atoms with Crippen molar-refractivity contribution in [3.8, 4) is 0 Å². The molecule has 0 spiro atoms. The lowest BCUT2D eigenvalue weighted by molar-refractivity contribution is 0.267. The zero-order valence-electron chi connectivity index (χ0n) is 12.5. The topological polar surface area (TPSA) is 43.6 Å². The third kappa shape index (κ3) is 1.86. The lowest BCUT2D eigenvalue weighted by atomic mass is 9.65. The van der Waals surface area contributed by atoms with Crippen molar-refractivity contribution in [2.24, 2.45) is 0 Å². The van der Waals surface area contributed by atoms with Gasteiger partial charge in [0.15, 0.2) is 0 Å². The molecule has 0 N–H and O–H groups in total. The molecule has 5 heteroatoms. The zero-order valence-corrected chi connectivity index (χ0v) is 13.3. The predicted octanol–water partition coefficient (Wildman–Crippen LogP) is 4.01. The largest absolute Gasteiger partial charge is 0.311 e. The summed E-state index contributed by atoms with van der Waals surface area (Å²) in [5.41, 5.74) is 1.08. The molecule has 22 heavy (non-hydrogen) atoms. The summed E-state index contributed by atoms with van der Waals surface area (Å²) in [6, 6.07) is 4.65. The van der Waals surface area contributed by atoms with Crippen LogP contribution in [0, 0.1) is 0 Å². The number of hydrogen-bond donors (Lipinski definition) is 0. The molecule has 4 nitrogen and oxygen atoms in total. The molecule has 3 aliphatic carbocycles. The van der Waals surface area contributed by atoms with Crippen LogP contribution in [0.3, 0.4) is 0 Å². The Bertz CT molecular complexity index is 709. The maximum atomic E-state index is 6.02. The highest BCUT2D eigenvalue weighted by Crippen LogP contribution is 2.52. The lowest BCUT2D eigenvalue weighted by Crippen LogP contribution is -2.39. The molecule has 3 fully saturated rings. The molecule has 0 bridgehead atoms. The monoisotopic (exact) mass is 314 g/mol. The minimum absolute atomic E-state index is 0.0344. The van der Waals surface area contributed by atoms with E-state index in [-0.39, 0.29) is 5.41 Å². The van der Waals surface area contributed by atoms with Crippen LogP contribution >= 0.6 is 11.6 Å². The average Bonchev–Trinajstić information content (AvgIpc) is 3.39. The van der Waals surface area contributed by atoms with Crippen molar-refractivity contribution in [1.82, 2.24) is 19.7 Å². The molecule has 2 aromatic rings. The molecule has 0 saturated heterocycles. The van der Waals surface area contributed by atoms with Crippen molar-refractivity contribution in [3.63, 3.8) is 0 Å². The predicted molar refractivity (Wildman–Crippen MR) is 84.1 cm³/mol. The average molecular weight is 315 g/mol. The van der Waals surface area contributed by atoms with E-state index >= 15 is 0 Å². The van der Waals surface area contributed by atoms with E-state index in [2.05, 4.69) is 25.8 Å². The van der Waals surface area contributed by atoms with E-state index in [1.807, 2.05) is 6.07 Å². The van der Waals surface area contributed by atoms with Gasteiger partial charge in [-0.3, -0.25) is 4.98 Å². The van der Waals surface area contributed by atoms with Crippen LogP contribution in [0.5, 0.6) is 0 Å². The van der Waals surface area contributed by atoms with Crippen LogP contribution in [0.2, 0.25) is 5.02 Å². The highest BCUT2D eigenvalue weighted by Gasteiger charge is 2.49. The van der Waals surface area contributed by atoms with Gasteiger partial charge in [-0.05, 0) is 50.7 Å². The summed E-state index contributed by atoms with van der Waals surface area (Å²) in [5, 5.41) is 9.96. The van der Waals surface area contributed by atoms with Gasteiger partial charge in [0.25, 0.3) is 0 Å². The number of halogens is 1. The van der Waals surface area contributed by atoms with Gasteiger partial charge >= 0.3 is 0 Å². The molecule has 3 saturated carbocycles. The summed E-state index contributed by atoms with van der Waals surface area (Å²) in [5.74, 6) is 3.05. The number of rotatable bonds is 4. The number of aromatic nitrogens is 4. The van der Waals surface area contributed by atoms with Crippen LogP contribution in [0.1, 0.15) is 74.2 Å². The van der Waals surface area contributed by atoms with Crippen LogP contribution in [0.15, 0.2) is 18.3 Å². The molecular formula is C17H19ClN4. The highest BCUT2D eigenvalue weighted by molar-refractivity contribution is 6.30. The minimum atomic E-state index is -0.0344. The fraction of sp³-hybridized carbons (Fsp3) is 0.588. The van der Waals surface area contributed by atoms with E-state index in [0.29, 0.717) is 17.0 Å². The molecule has 3 aliphatic rings. The van der Waals surface area contributed by atoms with E-state index < -0.39 is 0 Å². The number of hydrogen-bond acceptors (Lipinski definition) is 3. The molecule has 0 aliphatic heterocycles. The summed E-state index contributed by atoms with van der Waals surface area (Å²) in [4.78, 5) is 4.63. The van der Waals surface area contributed by atoms with Gasteiger partial charge in [0.2, 0.25) is 0 Å². The van der Waals surface area contributed by atoms with Gasteiger partial charge in [0.1, 0.15) is 11.6 Å². The third-order valence-electron chi connectivity index (χ3n) is 5.43. The molecule has 0 radical (unpaired) electrons. The Balaban J connectivity index is 1.64. The van der Waals surface area contributed by atoms with Crippen molar-refractivity contribution in [2.75, 3.05) is 0 Å². The fourth-order valence-electron chi connectivity index (χ4n) is 3.73. The van der Waals surface area contributed by atoms with Crippen molar-refractivity contribution < 1.29 is 0 Å². The van der Waals surface area contributed by atoms with Gasteiger partial charge in [-0.25, -0.2) is 0 Å². The Morgan fingerprint density at radius 1 is 1.09 bits per heavy atom. The van der Waals surface area contributed by atoms with E-state index in [4.69, 9.17) is 11.6 Å². The first-order valence-electron chi connectivity index (χ1n) is 8.35. The molecule has 0 atom stereocenters. The molecule has 2 aromatic heterocycles. The van der Waals surface area contributed by atoms with Crippen LogP contribution < -0.4 is 0 Å². The smallest absolute Gasteiger partial charge is 0.145 e. The quantitative estimate of drug-likeness (QED) is 0.856. The van der Waals surface area contributed by atoms with Gasteiger partial charge in [0, 0.05) is 18.2 Å². The van der Waals surface area contributed by atoms with Crippen LogP contribution in [-0.4, -0.2) is 19.7 Å². The second-order valence-electron chi connectivity index (χ2n) is 7.05. The fourth-order valence-corrected chi connectivity index (χ4v) is 3.84. The highest BCUT2D eigenvalue weighted by atomic mass is 35.5. The SMILES string of the molecule is Clc1ccc(C2(c3nnc(C4CC4)n3C3CC3)CCC2)nc1. The second-order valence-corrected chi connectivity index (χ2v) is 7.49. The maximum Gasteiger partial charge on any atom is 0.145 e. The van der Waals surface area contributed by atoms with Crippen molar-refractivity contribution in [2.45, 2.75) is 62.3 Å². The molecular weight excluding hydrogens is 296 g/mol. The Morgan fingerprint density at radius 3 is 2.45 bits per heavy atom. The van der Waals surface area contributed by atoms with E-state index in [9.17, 15) is 0 Å². The Hall–Kier alpha value is -1.42. The number of pyridine rings is 1. The third-order valence-corrected chi connectivity index (χ3v) is 5.65. The second kappa shape index (κ2) is 4.54. The van der Waals surface area contributed by atoms with Crippen LogP contribution in [0.25, 0.3) is 0 Å². The Labute approximate surface area is 134 Å². The van der Waals surface area contributed by atoms with Crippen molar-refractivity contribution >= 4 is 11.6 Å². The Kier molecular flexibility index (Phi) is 2.70. The van der Waals surface area contributed by atoms with Crippen molar-refractivity contribution in [1.29, 1.82) is 0 Å². The first kappa shape index (κ1) is 13.1. The molecule has 0 unspecified atom stereocenters. The molecule has 0 aromatic carbocycles. The van der Waals surface area contributed by atoms with Crippen LogP contribution in [-0.2, 0) is 5.41 Å². The zero-order chi connectivity index (χ0) is 14.7. The van der Waals surface area contributed by atoms with E-state index in [1.54, 1.807) is 6.20 Å². The summed E-state index contributed by atoms with van der Waals surface area (Å²) in [6.07, 6.45) is 10.3. The van der Waals surface area contributed by atoms with Gasteiger partial charge in [-0.2, -0.15) is 0 Å². The first-order chi connectivity index (χ1) is 10.8. The first-order valence-corrected chi connectivity index (χ1v) is 8.73. The lowest BCUT2D eigenvalue weighted by Gasteiger charge is -2.40. The minimum Gasteiger partial charge on any atom is -0.311 e. The van der Waals surface area contributed by atoms with E-state index in [0.717, 1.165) is 24.4 Å². The molecule has 0 amide bonds. The normalized spacial score (nSPS) is 23.3. The summed E-state index contributed by atoms with van der Waals surface area (Å²) < 4.78 is 2.48. The molecule has 114 valence electrons. The van der Waals surface area contributed by atoms with Gasteiger partial charge in [-0.15, -0.1) is 10.2 Å². The Morgan fingerprint density at radius 2 is 1.91 bits per heavy atom. The van der Waals surface area contributed by atoms with Gasteiger partial charge in [0.05, 0.1) is 16.1 Å². The summed E-state index contributed by atoms with van der Waals surface area (Å²) >= 11 is 6.02. The molecule has 2 heterocycles. The number of nitrogens with zero attached hydrogens (tertiary/aromatic N) is 4. The molecule has 5 rings (SSSR count). The summed E-state index contributed by atoms with van der Waals surface area (Å²) in [6.45, 7) is 0. The van der Waals surface area contributed by atoms with E-state index in [1.165, 1.54) is 37.9 Å². The van der Waals surface area contributed by atoms with Gasteiger partial charge in [-0.1, -0.05) is 18.0 Å². The standard InChI is InChI=1S/C17H19ClN4/c18-12-4-7-14(19-10-12)17(8-1-9-17)16-21-20-15(11-2-3-11)22(16)13-5-6-13/h4,7,10-11,13H,1-3,5-6,8-9H2. The van der Waals surface area contributed by atoms with Gasteiger partial charge < -0.3 is 4.57 Å². The summed E-state index contributed by atoms with van der Waals surface area (Å²) in [7, 11) is 0. The van der Waals surface area contributed by atoms with Crippen molar-refractivity contribution in [3.05, 3.63) is 40.7 Å². The van der Waals surface area contributed by atoms with Crippen LogP contribution in [0.4, 0.5) is 0 Å². The maximum absolute atomic E-state index is 6.02.